The second kappa shape index (κ2) is 14.4. The Morgan fingerprint density at radius 2 is 1.54 bits per heavy atom. The number of esters is 1. The summed E-state index contributed by atoms with van der Waals surface area (Å²) in [5, 5.41) is 10.5. The number of aliphatic hydroxyl groups is 1. The van der Waals surface area contributed by atoms with E-state index in [0.29, 0.717) is 10.3 Å². The molecule has 0 spiro atoms. The van der Waals surface area contributed by atoms with Crippen molar-refractivity contribution in [2.75, 3.05) is 18.6 Å². The van der Waals surface area contributed by atoms with Gasteiger partial charge in [-0.25, -0.2) is 0 Å². The number of halogens is 1. The van der Waals surface area contributed by atoms with Gasteiger partial charge in [0.25, 0.3) is 0 Å². The molecule has 0 radical (unpaired) electrons. The van der Waals surface area contributed by atoms with Crippen molar-refractivity contribution in [1.29, 1.82) is 0 Å². The Balaban J connectivity index is 2.24. The van der Waals surface area contributed by atoms with Gasteiger partial charge in [-0.1, -0.05) is 93.6 Å². The first kappa shape index (κ1) is 32.2. The molecule has 2 aromatic carbocycles. The second-order valence-electron chi connectivity index (χ2n) is 11.3. The van der Waals surface area contributed by atoms with Gasteiger partial charge in [-0.15, -0.1) is 0 Å². The molecule has 206 valence electrons. The molecule has 37 heavy (non-hydrogen) atoms. The Bertz CT molecular complexity index is 1030. The standard InChI is InChI=1S/C32H47IO3S/c1-9-32(24(4)33,27-13-10-25(22(2)20-27)12-15-29(34)31(5,6)7)28-14-11-26(23(3)21-28)16-18-37-19-17-30(35)36-8/h10-11,13-14,20-21,24,29,34H,9,12,15-19H2,1-8H3. The summed E-state index contributed by atoms with van der Waals surface area (Å²) >= 11 is 4.41. The summed E-state index contributed by atoms with van der Waals surface area (Å²) in [7, 11) is 1.44. The number of alkyl halides is 1. The minimum absolute atomic E-state index is 0.0622. The highest BCUT2D eigenvalue weighted by atomic mass is 127. The SMILES string of the molecule is CCC(c1ccc(CCSCCC(=O)OC)c(C)c1)(c1ccc(CCC(O)C(C)(C)C)c(C)c1)C(C)I. The van der Waals surface area contributed by atoms with Crippen LogP contribution < -0.4 is 0 Å². The molecule has 0 saturated heterocycles. The normalized spacial score (nSPS) is 15.2. The van der Waals surface area contributed by atoms with Crippen molar-refractivity contribution < 1.29 is 14.6 Å². The summed E-state index contributed by atoms with van der Waals surface area (Å²) < 4.78 is 5.15. The molecule has 2 aromatic rings. The van der Waals surface area contributed by atoms with Crippen molar-refractivity contribution >= 4 is 40.3 Å². The molecule has 0 bridgehead atoms. The van der Waals surface area contributed by atoms with E-state index in [1.54, 1.807) is 0 Å². The minimum Gasteiger partial charge on any atom is -0.469 e. The molecular weight excluding hydrogens is 591 g/mol. The second-order valence-corrected chi connectivity index (χ2v) is 14.4. The molecule has 0 aromatic heterocycles. The molecule has 2 rings (SSSR count). The van der Waals surface area contributed by atoms with Crippen LogP contribution in [-0.4, -0.2) is 39.7 Å². The van der Waals surface area contributed by atoms with E-state index in [-0.39, 0.29) is 22.9 Å². The first-order valence-corrected chi connectivity index (χ1v) is 15.9. The van der Waals surface area contributed by atoms with Crippen molar-refractivity contribution in [2.45, 2.75) is 96.0 Å². The Kier molecular flexibility index (Phi) is 12.5. The van der Waals surface area contributed by atoms with E-state index < -0.39 is 0 Å². The number of ether oxygens (including phenoxy) is 1. The van der Waals surface area contributed by atoms with Crippen LogP contribution in [0.4, 0.5) is 0 Å². The maximum Gasteiger partial charge on any atom is 0.306 e. The van der Waals surface area contributed by atoms with Crippen LogP contribution in [0.2, 0.25) is 0 Å². The van der Waals surface area contributed by atoms with Gasteiger partial charge in [-0.3, -0.25) is 4.79 Å². The van der Waals surface area contributed by atoms with E-state index >= 15 is 0 Å². The van der Waals surface area contributed by atoms with Crippen molar-refractivity contribution in [1.82, 2.24) is 0 Å². The Morgan fingerprint density at radius 3 is 1.97 bits per heavy atom. The van der Waals surface area contributed by atoms with E-state index in [4.69, 9.17) is 4.74 Å². The summed E-state index contributed by atoms with van der Waals surface area (Å²) in [5.41, 5.74) is 7.96. The van der Waals surface area contributed by atoms with Crippen LogP contribution in [0.3, 0.4) is 0 Å². The van der Waals surface area contributed by atoms with E-state index in [1.165, 1.54) is 40.5 Å². The number of benzene rings is 2. The first-order chi connectivity index (χ1) is 17.4. The van der Waals surface area contributed by atoms with Crippen molar-refractivity contribution in [3.05, 3.63) is 69.8 Å². The maximum absolute atomic E-state index is 11.3. The molecule has 0 heterocycles. The summed E-state index contributed by atoms with van der Waals surface area (Å²) in [5.74, 6) is 1.67. The monoisotopic (exact) mass is 638 g/mol. The lowest BCUT2D eigenvalue weighted by atomic mass is 9.69. The third kappa shape index (κ3) is 8.47. The van der Waals surface area contributed by atoms with Gasteiger partial charge in [-0.05, 0) is 84.1 Å². The number of aryl methyl sites for hydroxylation is 4. The zero-order valence-corrected chi connectivity index (χ0v) is 27.1. The van der Waals surface area contributed by atoms with Crippen LogP contribution in [0.15, 0.2) is 36.4 Å². The number of hydrogen-bond donors (Lipinski definition) is 1. The van der Waals surface area contributed by atoms with Gasteiger partial charge in [-0.2, -0.15) is 11.8 Å². The summed E-state index contributed by atoms with van der Waals surface area (Å²) in [4.78, 5) is 11.3. The molecule has 3 unspecified atom stereocenters. The predicted octanol–water partition coefficient (Wildman–Crippen LogP) is 8.00. The maximum atomic E-state index is 11.3. The lowest BCUT2D eigenvalue weighted by Gasteiger charge is -2.38. The smallest absolute Gasteiger partial charge is 0.306 e. The predicted molar refractivity (Wildman–Crippen MR) is 168 cm³/mol. The zero-order valence-electron chi connectivity index (χ0n) is 24.1. The number of thioether (sulfide) groups is 1. The quantitative estimate of drug-likeness (QED) is 0.105. The van der Waals surface area contributed by atoms with Gasteiger partial charge < -0.3 is 9.84 Å². The molecule has 3 atom stereocenters. The van der Waals surface area contributed by atoms with Crippen molar-refractivity contribution in [2.24, 2.45) is 5.41 Å². The number of aliphatic hydroxyl groups excluding tert-OH is 1. The van der Waals surface area contributed by atoms with Gasteiger partial charge in [0.05, 0.1) is 19.6 Å². The van der Waals surface area contributed by atoms with Crippen LogP contribution in [0.5, 0.6) is 0 Å². The van der Waals surface area contributed by atoms with Crippen molar-refractivity contribution in [3.8, 4) is 0 Å². The highest BCUT2D eigenvalue weighted by Crippen LogP contribution is 2.43. The molecule has 0 aliphatic carbocycles. The summed E-state index contributed by atoms with van der Waals surface area (Å²) in [6, 6.07) is 14.0. The van der Waals surface area contributed by atoms with E-state index in [9.17, 15) is 9.90 Å². The highest BCUT2D eigenvalue weighted by Gasteiger charge is 2.37. The number of methoxy groups -OCH3 is 1. The highest BCUT2D eigenvalue weighted by molar-refractivity contribution is 14.1. The van der Waals surface area contributed by atoms with E-state index in [2.05, 4.69) is 107 Å². The lowest BCUT2D eigenvalue weighted by molar-refractivity contribution is -0.140. The number of carbonyl (C=O) groups excluding carboxylic acids is 1. The number of hydrogen-bond acceptors (Lipinski definition) is 4. The molecule has 1 N–H and O–H groups in total. The van der Waals surface area contributed by atoms with Gasteiger partial charge in [0, 0.05) is 15.1 Å². The average Bonchev–Trinajstić information content (AvgIpc) is 2.84. The zero-order chi connectivity index (χ0) is 27.8. The van der Waals surface area contributed by atoms with E-state index in [1.807, 2.05) is 11.8 Å². The molecule has 0 aliphatic heterocycles. The third-order valence-corrected chi connectivity index (χ3v) is 9.88. The van der Waals surface area contributed by atoms with Crippen LogP contribution in [0, 0.1) is 19.3 Å². The Labute approximate surface area is 243 Å². The Morgan fingerprint density at radius 1 is 1.00 bits per heavy atom. The molecule has 0 amide bonds. The van der Waals surface area contributed by atoms with Gasteiger partial charge >= 0.3 is 5.97 Å². The van der Waals surface area contributed by atoms with Gasteiger partial charge in [0.1, 0.15) is 0 Å². The number of rotatable bonds is 13. The Hall–Kier alpha value is -1.05. The molecule has 0 fully saturated rings. The fourth-order valence-corrected chi connectivity index (χ4v) is 7.13. The lowest BCUT2D eigenvalue weighted by Crippen LogP contribution is -2.35. The van der Waals surface area contributed by atoms with Gasteiger partial charge in [0.15, 0.2) is 0 Å². The van der Waals surface area contributed by atoms with E-state index in [0.717, 1.165) is 37.2 Å². The fraction of sp³-hybridized carbons (Fsp3) is 0.594. The average molecular weight is 639 g/mol. The molecule has 5 heteroatoms. The molecule has 0 saturated carbocycles. The number of carbonyl (C=O) groups is 1. The van der Waals surface area contributed by atoms with Crippen LogP contribution in [0.1, 0.15) is 87.3 Å². The molecule has 3 nitrogen and oxygen atoms in total. The molecular formula is C32H47IO3S. The third-order valence-electron chi connectivity index (χ3n) is 7.83. The largest absolute Gasteiger partial charge is 0.469 e. The van der Waals surface area contributed by atoms with Crippen LogP contribution in [0.25, 0.3) is 0 Å². The minimum atomic E-state index is -0.302. The van der Waals surface area contributed by atoms with Crippen LogP contribution in [-0.2, 0) is 27.8 Å². The fourth-order valence-electron chi connectivity index (χ4n) is 5.09. The summed E-state index contributed by atoms with van der Waals surface area (Å²) in [6.45, 7) is 15.4. The molecule has 0 aliphatic rings. The summed E-state index contributed by atoms with van der Waals surface area (Å²) in [6.07, 6.45) is 3.89. The van der Waals surface area contributed by atoms with Gasteiger partial charge in [0.2, 0.25) is 0 Å². The van der Waals surface area contributed by atoms with Crippen molar-refractivity contribution in [3.63, 3.8) is 0 Å². The topological polar surface area (TPSA) is 46.5 Å². The first-order valence-electron chi connectivity index (χ1n) is 13.5. The van der Waals surface area contributed by atoms with Crippen LogP contribution >= 0.6 is 34.4 Å².